The van der Waals surface area contributed by atoms with Crippen molar-refractivity contribution in [2.75, 3.05) is 0 Å². The van der Waals surface area contributed by atoms with E-state index in [0.717, 1.165) is 45.9 Å². The number of rotatable bonds is 7. The average Bonchev–Trinajstić information content (AvgIpc) is 3.06. The Morgan fingerprint density at radius 3 is 1.98 bits per heavy atom. The van der Waals surface area contributed by atoms with E-state index < -0.39 is 8.07 Å². The molecule has 3 heterocycles. The maximum atomic E-state index is 4.73. The van der Waals surface area contributed by atoms with Crippen molar-refractivity contribution in [2.45, 2.75) is 39.9 Å². The van der Waals surface area contributed by atoms with Crippen LogP contribution < -0.4 is 5.19 Å². The second kappa shape index (κ2) is 15.8. The molecule has 0 saturated carbocycles. The molecule has 45 heavy (non-hydrogen) atoms. The fraction of sp³-hybridized carbons (Fsp3) is 0.175. The fourth-order valence-electron chi connectivity index (χ4n) is 5.14. The third-order valence-electron chi connectivity index (χ3n) is 7.28. The quantitative estimate of drug-likeness (QED) is 0.120. The average molecular weight is 782 g/mol. The number of pyridine rings is 3. The third kappa shape index (κ3) is 9.24. The van der Waals surface area contributed by atoms with Gasteiger partial charge in [-0.15, -0.1) is 42.0 Å². The topological polar surface area (TPSA) is 38.7 Å². The Hall–Kier alpha value is -4.02. The molecular weight excluding hydrogens is 743 g/mol. The molecule has 0 unspecified atom stereocenters. The van der Waals surface area contributed by atoms with Crippen LogP contribution in [0.2, 0.25) is 19.6 Å². The number of hydrogen-bond donors (Lipinski definition) is 0. The van der Waals surface area contributed by atoms with E-state index in [2.05, 4.69) is 104 Å². The maximum Gasteiger partial charge on any atom is 0.0798 e. The first-order valence-electron chi connectivity index (χ1n) is 15.2. The molecule has 3 nitrogen and oxygen atoms in total. The first-order chi connectivity index (χ1) is 21.3. The van der Waals surface area contributed by atoms with E-state index in [1.54, 1.807) is 0 Å². The van der Waals surface area contributed by atoms with Gasteiger partial charge in [-0.05, 0) is 57.4 Å². The minimum absolute atomic E-state index is 0. The molecule has 3 aromatic heterocycles. The Labute approximate surface area is 283 Å². The zero-order chi connectivity index (χ0) is 30.9. The first kappa shape index (κ1) is 33.9. The molecule has 0 aliphatic rings. The monoisotopic (exact) mass is 782 g/mol. The Balaban J connectivity index is 0.000000204. The minimum Gasteiger partial charge on any atom is -0.318 e. The van der Waals surface area contributed by atoms with Gasteiger partial charge in [0.25, 0.3) is 0 Å². The molecule has 0 spiro atoms. The van der Waals surface area contributed by atoms with Crippen molar-refractivity contribution in [3.05, 3.63) is 145 Å². The summed E-state index contributed by atoms with van der Waals surface area (Å²) in [5.41, 5.74) is 9.50. The SMILES string of the molecule is CC(C)Cc1cc(-c2[c-]cccc2)ncc1[Si](C)(C)C.[Ir].[c-]1ccc(-c2ccccc2)nc1-c1cc(-c2ccccc2)ccn1. The van der Waals surface area contributed by atoms with Crippen LogP contribution in [-0.2, 0) is 26.5 Å². The zero-order valence-electron chi connectivity index (χ0n) is 26.6. The van der Waals surface area contributed by atoms with Crippen molar-refractivity contribution in [3.8, 4) is 45.0 Å². The number of aromatic nitrogens is 3. The molecule has 0 N–H and O–H groups in total. The molecule has 0 amide bonds. The van der Waals surface area contributed by atoms with Crippen molar-refractivity contribution < 1.29 is 20.1 Å². The van der Waals surface area contributed by atoms with Crippen LogP contribution in [0.5, 0.6) is 0 Å². The summed E-state index contributed by atoms with van der Waals surface area (Å²) in [6.07, 6.45) is 5.06. The summed E-state index contributed by atoms with van der Waals surface area (Å²) in [5.74, 6) is 0.667. The molecule has 6 aromatic rings. The number of nitrogens with zero attached hydrogens (tertiary/aromatic N) is 3. The summed E-state index contributed by atoms with van der Waals surface area (Å²) in [5, 5.41) is 1.49. The summed E-state index contributed by atoms with van der Waals surface area (Å²) >= 11 is 0. The third-order valence-corrected chi connectivity index (χ3v) is 9.35. The molecule has 6 rings (SSSR count). The second-order valence-corrected chi connectivity index (χ2v) is 17.4. The molecule has 0 aliphatic carbocycles. The first-order valence-corrected chi connectivity index (χ1v) is 18.7. The Kier molecular flexibility index (Phi) is 11.9. The molecule has 229 valence electrons. The normalized spacial score (nSPS) is 10.9. The fourth-order valence-corrected chi connectivity index (χ4v) is 6.73. The van der Waals surface area contributed by atoms with Gasteiger partial charge >= 0.3 is 0 Å². The van der Waals surface area contributed by atoms with Crippen LogP contribution >= 0.6 is 0 Å². The van der Waals surface area contributed by atoms with Crippen LogP contribution in [0, 0.1) is 18.1 Å². The van der Waals surface area contributed by atoms with E-state index in [0.29, 0.717) is 5.92 Å². The van der Waals surface area contributed by atoms with Gasteiger partial charge in [-0.25, -0.2) is 0 Å². The van der Waals surface area contributed by atoms with E-state index in [9.17, 15) is 0 Å². The van der Waals surface area contributed by atoms with Crippen LogP contribution in [0.15, 0.2) is 128 Å². The molecule has 0 bridgehead atoms. The number of benzene rings is 3. The predicted molar refractivity (Wildman–Crippen MR) is 187 cm³/mol. The summed E-state index contributed by atoms with van der Waals surface area (Å²) < 4.78 is 0. The van der Waals surface area contributed by atoms with Crippen LogP contribution in [0.4, 0.5) is 0 Å². The predicted octanol–water partition coefficient (Wildman–Crippen LogP) is 9.57. The largest absolute Gasteiger partial charge is 0.318 e. The van der Waals surface area contributed by atoms with Crippen molar-refractivity contribution in [3.63, 3.8) is 0 Å². The van der Waals surface area contributed by atoms with Gasteiger partial charge in [0, 0.05) is 38.2 Å². The Morgan fingerprint density at radius 2 is 1.33 bits per heavy atom. The molecule has 3 aromatic carbocycles. The zero-order valence-corrected chi connectivity index (χ0v) is 30.0. The van der Waals surface area contributed by atoms with Gasteiger partial charge in [0.2, 0.25) is 0 Å². The van der Waals surface area contributed by atoms with Crippen molar-refractivity contribution in [2.24, 2.45) is 5.92 Å². The Morgan fingerprint density at radius 1 is 0.644 bits per heavy atom. The smallest absolute Gasteiger partial charge is 0.0798 e. The van der Waals surface area contributed by atoms with E-state index in [4.69, 9.17) is 4.98 Å². The summed E-state index contributed by atoms with van der Waals surface area (Å²) in [6.45, 7) is 11.7. The summed E-state index contributed by atoms with van der Waals surface area (Å²) in [7, 11) is -1.34. The van der Waals surface area contributed by atoms with E-state index in [1.807, 2.05) is 79.0 Å². The van der Waals surface area contributed by atoms with Crippen molar-refractivity contribution >= 4 is 13.3 Å². The van der Waals surface area contributed by atoms with Gasteiger partial charge in [0.05, 0.1) is 8.07 Å². The Bertz CT molecular complexity index is 1700. The van der Waals surface area contributed by atoms with Crippen molar-refractivity contribution in [1.29, 1.82) is 0 Å². The molecule has 1 radical (unpaired) electrons. The molecule has 5 heteroatoms. The van der Waals surface area contributed by atoms with E-state index in [-0.39, 0.29) is 20.1 Å². The minimum atomic E-state index is -1.34. The molecule has 0 aliphatic heterocycles. The van der Waals surface area contributed by atoms with Crippen LogP contribution in [0.3, 0.4) is 0 Å². The standard InChI is InChI=1S/C22H15N2.C18H24NSi.Ir/c1-3-8-17(9-4-1)19-14-15-23-22(16-19)21-13-7-12-20(24-21)18-10-5-2-6-11-18;1-14(2)11-16-12-17(15-9-7-6-8-10-15)19-13-18(16)20(3,4)5;/h1-12,14-16H;6-9,12-14H,11H2,1-5H3;/q2*-1;. The molecular formula is C40H39IrN3Si-2. The van der Waals surface area contributed by atoms with Gasteiger partial charge in [0.15, 0.2) is 0 Å². The van der Waals surface area contributed by atoms with Gasteiger partial charge in [0.1, 0.15) is 0 Å². The van der Waals surface area contributed by atoms with Crippen molar-refractivity contribution in [1.82, 2.24) is 15.0 Å². The molecule has 0 saturated heterocycles. The van der Waals surface area contributed by atoms with Crippen LogP contribution in [0.25, 0.3) is 45.0 Å². The van der Waals surface area contributed by atoms with Crippen LogP contribution in [0.1, 0.15) is 19.4 Å². The summed E-state index contributed by atoms with van der Waals surface area (Å²) in [4.78, 5) is 13.9. The number of hydrogen-bond acceptors (Lipinski definition) is 3. The van der Waals surface area contributed by atoms with Gasteiger partial charge < -0.3 is 9.97 Å². The molecule has 0 fully saturated rings. The van der Waals surface area contributed by atoms with Gasteiger partial charge in [-0.3, -0.25) is 4.98 Å². The van der Waals surface area contributed by atoms with E-state index >= 15 is 0 Å². The van der Waals surface area contributed by atoms with Gasteiger partial charge in [-0.2, -0.15) is 12.1 Å². The van der Waals surface area contributed by atoms with Gasteiger partial charge in [-0.1, -0.05) is 112 Å². The summed E-state index contributed by atoms with van der Waals surface area (Å²) in [6, 6.07) is 45.2. The molecule has 0 atom stereocenters. The van der Waals surface area contributed by atoms with E-state index in [1.165, 1.54) is 16.3 Å². The maximum absolute atomic E-state index is 4.73. The van der Waals surface area contributed by atoms with Crippen LogP contribution in [-0.4, -0.2) is 23.0 Å². The second-order valence-electron chi connectivity index (χ2n) is 12.3.